The molecular weight excluding hydrogens is 223 g/mol. The summed E-state index contributed by atoms with van der Waals surface area (Å²) in [7, 11) is 1.42. The Morgan fingerprint density at radius 1 is 1.59 bits per heavy atom. The van der Waals surface area contributed by atoms with E-state index in [4.69, 9.17) is 9.47 Å². The van der Waals surface area contributed by atoms with Crippen LogP contribution in [0.15, 0.2) is 18.2 Å². The van der Waals surface area contributed by atoms with Gasteiger partial charge in [-0.25, -0.2) is 4.39 Å². The topological polar surface area (TPSA) is 35.5 Å². The Morgan fingerprint density at radius 2 is 2.41 bits per heavy atom. The van der Waals surface area contributed by atoms with Gasteiger partial charge >= 0.3 is 0 Å². The van der Waals surface area contributed by atoms with Gasteiger partial charge in [-0.2, -0.15) is 0 Å². The number of benzene rings is 1. The average molecular weight is 238 g/mol. The van der Waals surface area contributed by atoms with Crippen LogP contribution in [0.1, 0.15) is 12.0 Å². The summed E-state index contributed by atoms with van der Waals surface area (Å²) >= 11 is 0. The van der Waals surface area contributed by atoms with Crippen LogP contribution >= 0.6 is 0 Å². The monoisotopic (exact) mass is 238 g/mol. The fourth-order valence-corrected chi connectivity index (χ4v) is 1.95. The minimum atomic E-state index is -0.430. The molecule has 1 aliphatic rings. The van der Waals surface area contributed by atoms with Gasteiger partial charge in [0.1, 0.15) is 5.78 Å². The molecule has 1 aromatic carbocycles. The second-order valence-corrected chi connectivity index (χ2v) is 4.17. The predicted molar refractivity (Wildman–Crippen MR) is 60.6 cm³/mol. The molecule has 1 fully saturated rings. The summed E-state index contributed by atoms with van der Waals surface area (Å²) in [6.45, 7) is 1.14. The summed E-state index contributed by atoms with van der Waals surface area (Å²) in [4.78, 5) is 11.8. The van der Waals surface area contributed by atoms with E-state index in [2.05, 4.69) is 0 Å². The maximum absolute atomic E-state index is 13.4. The highest BCUT2D eigenvalue weighted by Crippen LogP contribution is 2.20. The van der Waals surface area contributed by atoms with Crippen LogP contribution < -0.4 is 4.74 Å². The van der Waals surface area contributed by atoms with E-state index in [-0.39, 0.29) is 23.9 Å². The number of Topliss-reactive ketones (excluding diaryl/α,β-unsaturated/α-hetero) is 1. The molecule has 1 saturated heterocycles. The molecule has 2 rings (SSSR count). The van der Waals surface area contributed by atoms with E-state index in [9.17, 15) is 9.18 Å². The number of rotatable bonds is 4. The van der Waals surface area contributed by atoms with Gasteiger partial charge in [0.15, 0.2) is 11.6 Å². The molecule has 1 unspecified atom stereocenters. The third kappa shape index (κ3) is 2.82. The molecule has 17 heavy (non-hydrogen) atoms. The van der Waals surface area contributed by atoms with E-state index in [0.717, 1.165) is 6.42 Å². The van der Waals surface area contributed by atoms with Crippen molar-refractivity contribution < 1.29 is 18.7 Å². The summed E-state index contributed by atoms with van der Waals surface area (Å²) < 4.78 is 23.4. The van der Waals surface area contributed by atoms with Crippen molar-refractivity contribution in [3.63, 3.8) is 0 Å². The fourth-order valence-electron chi connectivity index (χ4n) is 1.95. The van der Waals surface area contributed by atoms with Crippen molar-refractivity contribution in [2.45, 2.75) is 12.8 Å². The van der Waals surface area contributed by atoms with E-state index in [1.54, 1.807) is 12.1 Å². The van der Waals surface area contributed by atoms with Gasteiger partial charge in [0.05, 0.1) is 13.7 Å². The summed E-state index contributed by atoms with van der Waals surface area (Å²) in [5.74, 6) is -0.141. The fraction of sp³-hybridized carbons (Fsp3) is 0.462. The third-order valence-electron chi connectivity index (χ3n) is 2.98. The van der Waals surface area contributed by atoms with Crippen LogP contribution in [0.3, 0.4) is 0 Å². The van der Waals surface area contributed by atoms with Crippen molar-refractivity contribution in [3.05, 3.63) is 29.6 Å². The van der Waals surface area contributed by atoms with Gasteiger partial charge < -0.3 is 9.47 Å². The summed E-state index contributed by atoms with van der Waals surface area (Å²) in [5, 5.41) is 0. The molecular formula is C13H15FO3. The van der Waals surface area contributed by atoms with Gasteiger partial charge in [0.2, 0.25) is 0 Å². The first-order chi connectivity index (χ1) is 8.20. The van der Waals surface area contributed by atoms with Gasteiger partial charge in [0, 0.05) is 18.9 Å². The summed E-state index contributed by atoms with van der Waals surface area (Å²) in [6, 6.07) is 4.62. The number of halogens is 1. The molecule has 0 saturated carbocycles. The van der Waals surface area contributed by atoms with Crippen molar-refractivity contribution in [1.82, 2.24) is 0 Å². The lowest BCUT2D eigenvalue weighted by molar-refractivity contribution is -0.122. The zero-order valence-corrected chi connectivity index (χ0v) is 9.74. The largest absolute Gasteiger partial charge is 0.494 e. The first-order valence-corrected chi connectivity index (χ1v) is 5.63. The molecule has 0 bridgehead atoms. The number of carbonyl (C=O) groups excluding carboxylic acids is 1. The number of carbonyl (C=O) groups is 1. The average Bonchev–Trinajstić information content (AvgIpc) is 2.82. The molecule has 0 radical (unpaired) electrons. The molecule has 1 aliphatic heterocycles. The molecule has 0 aliphatic carbocycles. The molecule has 0 spiro atoms. The van der Waals surface area contributed by atoms with Gasteiger partial charge in [-0.1, -0.05) is 6.07 Å². The van der Waals surface area contributed by atoms with Gasteiger partial charge in [-0.15, -0.1) is 0 Å². The molecule has 1 atom stereocenters. The Morgan fingerprint density at radius 3 is 3.00 bits per heavy atom. The lowest BCUT2D eigenvalue weighted by Gasteiger charge is -2.08. The van der Waals surface area contributed by atoms with Crippen LogP contribution in [0.4, 0.5) is 4.39 Å². The van der Waals surface area contributed by atoms with Gasteiger partial charge in [0.25, 0.3) is 0 Å². The van der Waals surface area contributed by atoms with E-state index in [0.29, 0.717) is 18.8 Å². The van der Waals surface area contributed by atoms with E-state index < -0.39 is 5.82 Å². The smallest absolute Gasteiger partial charge is 0.165 e. The first-order valence-electron chi connectivity index (χ1n) is 5.63. The quantitative estimate of drug-likeness (QED) is 0.804. The maximum Gasteiger partial charge on any atom is 0.165 e. The van der Waals surface area contributed by atoms with E-state index in [1.807, 2.05) is 0 Å². The van der Waals surface area contributed by atoms with Crippen LogP contribution in [0, 0.1) is 11.7 Å². The Hall–Kier alpha value is -1.42. The number of ether oxygens (including phenoxy) is 2. The predicted octanol–water partition coefficient (Wildman–Crippen LogP) is 1.98. The molecule has 1 aromatic rings. The van der Waals surface area contributed by atoms with Gasteiger partial charge in [-0.3, -0.25) is 4.79 Å². The van der Waals surface area contributed by atoms with E-state index >= 15 is 0 Å². The summed E-state index contributed by atoms with van der Waals surface area (Å²) in [5.41, 5.74) is 0.681. The van der Waals surface area contributed by atoms with Gasteiger partial charge in [-0.05, 0) is 24.1 Å². The molecule has 0 aromatic heterocycles. The second kappa shape index (κ2) is 5.27. The Bertz CT molecular complexity index is 411. The third-order valence-corrected chi connectivity index (χ3v) is 2.98. The van der Waals surface area contributed by atoms with Crippen molar-refractivity contribution >= 4 is 5.78 Å². The van der Waals surface area contributed by atoms with E-state index in [1.165, 1.54) is 13.2 Å². The van der Waals surface area contributed by atoms with Crippen molar-refractivity contribution in [1.29, 1.82) is 0 Å². The Balaban J connectivity index is 2.03. The number of hydrogen-bond acceptors (Lipinski definition) is 3. The molecule has 0 N–H and O–H groups in total. The van der Waals surface area contributed by atoms with Crippen LogP contribution in [0.2, 0.25) is 0 Å². The minimum absolute atomic E-state index is 0.0276. The molecule has 92 valence electrons. The maximum atomic E-state index is 13.4. The molecule has 4 heteroatoms. The number of hydrogen-bond donors (Lipinski definition) is 0. The SMILES string of the molecule is COc1ccc(CC(=O)C2CCOC2)cc1F. The lowest BCUT2D eigenvalue weighted by Crippen LogP contribution is -2.16. The van der Waals surface area contributed by atoms with Crippen molar-refractivity contribution in [2.75, 3.05) is 20.3 Å². The standard InChI is InChI=1S/C13H15FO3/c1-16-13-3-2-9(6-11(13)14)7-12(15)10-4-5-17-8-10/h2-3,6,10H,4-5,7-8H2,1H3. The highest BCUT2D eigenvalue weighted by Gasteiger charge is 2.23. The number of ketones is 1. The second-order valence-electron chi connectivity index (χ2n) is 4.17. The van der Waals surface area contributed by atoms with Crippen molar-refractivity contribution in [2.24, 2.45) is 5.92 Å². The lowest BCUT2D eigenvalue weighted by atomic mass is 9.97. The highest BCUT2D eigenvalue weighted by atomic mass is 19.1. The van der Waals surface area contributed by atoms with Crippen LogP contribution in [-0.2, 0) is 16.0 Å². The summed E-state index contributed by atoms with van der Waals surface area (Å²) in [6.07, 6.45) is 1.03. The van der Waals surface area contributed by atoms with Crippen LogP contribution in [0.25, 0.3) is 0 Å². The first kappa shape index (κ1) is 12.0. The van der Waals surface area contributed by atoms with Crippen LogP contribution in [-0.4, -0.2) is 26.1 Å². The number of methoxy groups -OCH3 is 1. The van der Waals surface area contributed by atoms with Crippen molar-refractivity contribution in [3.8, 4) is 5.75 Å². The zero-order valence-electron chi connectivity index (χ0n) is 9.74. The Kier molecular flexibility index (Phi) is 3.74. The Labute approximate surface area is 99.5 Å². The molecule has 0 amide bonds. The molecule has 1 heterocycles. The normalized spacial score (nSPS) is 19.3. The van der Waals surface area contributed by atoms with Crippen LogP contribution in [0.5, 0.6) is 5.75 Å². The zero-order chi connectivity index (χ0) is 12.3. The minimum Gasteiger partial charge on any atom is -0.494 e. The molecule has 3 nitrogen and oxygen atoms in total. The highest BCUT2D eigenvalue weighted by molar-refractivity contribution is 5.83.